The molecule has 6 heteroatoms. The number of methoxy groups -OCH3 is 1. The van der Waals surface area contributed by atoms with Crippen LogP contribution in [-0.4, -0.2) is 36.1 Å². The summed E-state index contributed by atoms with van der Waals surface area (Å²) >= 11 is 1.37. The number of nitrogens with one attached hydrogen (secondary N) is 1. The van der Waals surface area contributed by atoms with Gasteiger partial charge in [0.05, 0.1) is 18.4 Å². The summed E-state index contributed by atoms with van der Waals surface area (Å²) in [7, 11) is 1.59. The van der Waals surface area contributed by atoms with Crippen LogP contribution in [-0.2, 0) is 17.8 Å². The molecule has 1 N–H and O–H groups in total. The first kappa shape index (κ1) is 21.0. The third kappa shape index (κ3) is 5.09. The van der Waals surface area contributed by atoms with Crippen LogP contribution in [0.15, 0.2) is 77.7 Å². The first-order chi connectivity index (χ1) is 15.1. The van der Waals surface area contributed by atoms with Crippen LogP contribution < -0.4 is 10.1 Å². The van der Waals surface area contributed by atoms with Crippen LogP contribution in [0, 0.1) is 0 Å². The van der Waals surface area contributed by atoms with E-state index in [1.165, 1.54) is 22.9 Å². The third-order valence-corrected chi connectivity index (χ3v) is 6.32. The molecule has 3 aromatic carbocycles. The van der Waals surface area contributed by atoms with Gasteiger partial charge in [0, 0.05) is 29.7 Å². The molecule has 0 aromatic heterocycles. The lowest BCUT2D eigenvalue weighted by Gasteiger charge is -2.29. The van der Waals surface area contributed by atoms with Crippen LogP contribution in [0.4, 0.5) is 5.69 Å². The van der Waals surface area contributed by atoms with Crippen LogP contribution in [0.25, 0.3) is 0 Å². The topological polar surface area (TPSA) is 58.6 Å². The van der Waals surface area contributed by atoms with E-state index in [1.807, 2.05) is 59.5 Å². The second-order valence-corrected chi connectivity index (χ2v) is 8.33. The predicted octanol–water partition coefficient (Wildman–Crippen LogP) is 4.62. The second kappa shape index (κ2) is 9.71. The zero-order valence-corrected chi connectivity index (χ0v) is 18.2. The molecule has 0 saturated heterocycles. The quantitative estimate of drug-likeness (QED) is 0.577. The number of hydrogen-bond donors (Lipinski definition) is 1. The van der Waals surface area contributed by atoms with E-state index in [9.17, 15) is 9.59 Å². The number of anilines is 1. The van der Waals surface area contributed by atoms with E-state index in [4.69, 9.17) is 4.74 Å². The zero-order chi connectivity index (χ0) is 21.6. The van der Waals surface area contributed by atoms with Gasteiger partial charge in [-0.3, -0.25) is 9.59 Å². The standard InChI is InChI=1S/C25H24N2O3S/c1-30-21-10-6-9-20(15-21)26-24(28)17-31-23-12-5-4-11-22(23)25(29)27-14-13-18-7-2-3-8-19(18)16-27/h2-12,15H,13-14,16-17H2,1H3,(H,26,28). The van der Waals surface area contributed by atoms with Crippen LogP contribution in [0.3, 0.4) is 0 Å². The average molecular weight is 433 g/mol. The van der Waals surface area contributed by atoms with Crippen molar-refractivity contribution >= 4 is 29.3 Å². The summed E-state index contributed by atoms with van der Waals surface area (Å²) < 4.78 is 5.19. The largest absolute Gasteiger partial charge is 0.497 e. The molecule has 31 heavy (non-hydrogen) atoms. The van der Waals surface area contributed by atoms with Gasteiger partial charge in [0.1, 0.15) is 5.75 Å². The summed E-state index contributed by atoms with van der Waals surface area (Å²) in [5.74, 6) is 0.771. The molecular formula is C25H24N2O3S. The molecule has 0 saturated carbocycles. The predicted molar refractivity (Wildman–Crippen MR) is 124 cm³/mol. The van der Waals surface area contributed by atoms with E-state index in [2.05, 4.69) is 17.4 Å². The van der Waals surface area contributed by atoms with Crippen molar-refractivity contribution in [2.75, 3.05) is 24.7 Å². The number of fused-ring (bicyclic) bond motifs is 1. The summed E-state index contributed by atoms with van der Waals surface area (Å²) in [5, 5.41) is 2.87. The number of thioether (sulfide) groups is 1. The van der Waals surface area contributed by atoms with E-state index >= 15 is 0 Å². The minimum absolute atomic E-state index is 0.00538. The molecule has 0 unspecified atom stereocenters. The Morgan fingerprint density at radius 1 is 1.00 bits per heavy atom. The van der Waals surface area contributed by atoms with Gasteiger partial charge in [-0.25, -0.2) is 0 Å². The van der Waals surface area contributed by atoms with E-state index in [0.717, 1.165) is 11.3 Å². The molecule has 1 heterocycles. The van der Waals surface area contributed by atoms with E-state index < -0.39 is 0 Å². The Balaban J connectivity index is 1.41. The molecule has 0 spiro atoms. The fourth-order valence-corrected chi connectivity index (χ4v) is 4.49. The van der Waals surface area contributed by atoms with Crippen LogP contribution in [0.5, 0.6) is 5.75 Å². The number of nitrogens with zero attached hydrogens (tertiary/aromatic N) is 1. The maximum atomic E-state index is 13.2. The molecule has 0 radical (unpaired) electrons. The van der Waals surface area contributed by atoms with Crippen molar-refractivity contribution in [3.63, 3.8) is 0 Å². The number of benzene rings is 3. The van der Waals surface area contributed by atoms with Crippen molar-refractivity contribution in [2.45, 2.75) is 17.9 Å². The van der Waals surface area contributed by atoms with Crippen molar-refractivity contribution in [3.05, 3.63) is 89.5 Å². The molecule has 0 atom stereocenters. The molecule has 0 bridgehead atoms. The number of ether oxygens (including phenoxy) is 1. The molecule has 0 aliphatic carbocycles. The summed E-state index contributed by atoms with van der Waals surface area (Å²) in [6.07, 6.45) is 0.861. The van der Waals surface area contributed by atoms with E-state index in [-0.39, 0.29) is 17.6 Å². The number of amides is 2. The lowest BCUT2D eigenvalue weighted by atomic mass is 9.99. The lowest BCUT2D eigenvalue weighted by molar-refractivity contribution is -0.113. The van der Waals surface area contributed by atoms with Gasteiger partial charge in [-0.15, -0.1) is 11.8 Å². The molecule has 0 fully saturated rings. The average Bonchev–Trinajstić information content (AvgIpc) is 2.82. The molecular weight excluding hydrogens is 408 g/mol. The van der Waals surface area contributed by atoms with Gasteiger partial charge in [-0.2, -0.15) is 0 Å². The Hall–Kier alpha value is -3.25. The number of hydrogen-bond acceptors (Lipinski definition) is 4. The number of carbonyl (C=O) groups is 2. The molecule has 3 aromatic rings. The molecule has 158 valence electrons. The third-order valence-electron chi connectivity index (χ3n) is 5.25. The fourth-order valence-electron chi connectivity index (χ4n) is 3.65. The monoisotopic (exact) mass is 432 g/mol. The maximum absolute atomic E-state index is 13.2. The Kier molecular flexibility index (Phi) is 6.57. The zero-order valence-electron chi connectivity index (χ0n) is 17.3. The summed E-state index contributed by atoms with van der Waals surface area (Å²) in [6, 6.07) is 23.0. The summed E-state index contributed by atoms with van der Waals surface area (Å²) in [6.45, 7) is 1.31. The van der Waals surface area contributed by atoms with Gasteiger partial charge >= 0.3 is 0 Å². The molecule has 4 rings (SSSR count). The first-order valence-corrected chi connectivity index (χ1v) is 11.1. The molecule has 1 aliphatic rings. The lowest BCUT2D eigenvalue weighted by Crippen LogP contribution is -2.36. The second-order valence-electron chi connectivity index (χ2n) is 7.31. The highest BCUT2D eigenvalue weighted by Gasteiger charge is 2.23. The van der Waals surface area contributed by atoms with Crippen molar-refractivity contribution in [1.82, 2.24) is 4.90 Å². The Morgan fingerprint density at radius 2 is 1.77 bits per heavy atom. The van der Waals surface area contributed by atoms with Gasteiger partial charge in [0.15, 0.2) is 0 Å². The normalized spacial score (nSPS) is 12.7. The smallest absolute Gasteiger partial charge is 0.255 e. The van der Waals surface area contributed by atoms with Crippen molar-refractivity contribution in [3.8, 4) is 5.75 Å². The highest BCUT2D eigenvalue weighted by atomic mass is 32.2. The first-order valence-electron chi connectivity index (χ1n) is 10.2. The molecule has 5 nitrogen and oxygen atoms in total. The maximum Gasteiger partial charge on any atom is 0.255 e. The van der Waals surface area contributed by atoms with Crippen LogP contribution >= 0.6 is 11.8 Å². The highest BCUT2D eigenvalue weighted by molar-refractivity contribution is 8.00. The van der Waals surface area contributed by atoms with Gasteiger partial charge in [-0.1, -0.05) is 42.5 Å². The van der Waals surface area contributed by atoms with E-state index in [0.29, 0.717) is 30.1 Å². The number of rotatable bonds is 6. The molecule has 1 aliphatic heterocycles. The summed E-state index contributed by atoms with van der Waals surface area (Å²) in [5.41, 5.74) is 3.83. The number of carbonyl (C=O) groups excluding carboxylic acids is 2. The Labute approximate surface area is 186 Å². The minimum Gasteiger partial charge on any atom is -0.497 e. The fraction of sp³-hybridized carbons (Fsp3) is 0.200. The SMILES string of the molecule is COc1cccc(NC(=O)CSc2ccccc2C(=O)N2CCc3ccccc3C2)c1. The highest BCUT2D eigenvalue weighted by Crippen LogP contribution is 2.27. The van der Waals surface area contributed by atoms with Gasteiger partial charge in [0.25, 0.3) is 5.91 Å². The van der Waals surface area contributed by atoms with Gasteiger partial charge in [0.2, 0.25) is 5.91 Å². The van der Waals surface area contributed by atoms with Crippen molar-refractivity contribution < 1.29 is 14.3 Å². The summed E-state index contributed by atoms with van der Waals surface area (Å²) in [4.78, 5) is 28.4. The van der Waals surface area contributed by atoms with Crippen molar-refractivity contribution in [1.29, 1.82) is 0 Å². The minimum atomic E-state index is -0.132. The molecule has 2 amide bonds. The van der Waals surface area contributed by atoms with Gasteiger partial charge < -0.3 is 15.0 Å². The van der Waals surface area contributed by atoms with Crippen LogP contribution in [0.2, 0.25) is 0 Å². The van der Waals surface area contributed by atoms with Crippen LogP contribution in [0.1, 0.15) is 21.5 Å². The van der Waals surface area contributed by atoms with Crippen molar-refractivity contribution in [2.24, 2.45) is 0 Å². The Morgan fingerprint density at radius 3 is 2.61 bits per heavy atom. The van der Waals surface area contributed by atoms with Gasteiger partial charge in [-0.05, 0) is 41.8 Å². The Bertz CT molecular complexity index is 1100. The van der Waals surface area contributed by atoms with E-state index in [1.54, 1.807) is 13.2 Å².